The molecule has 0 radical (unpaired) electrons. The minimum atomic E-state index is -0.259. The van der Waals surface area contributed by atoms with E-state index in [-0.39, 0.29) is 17.3 Å². The maximum Gasteiger partial charge on any atom is 0.272 e. The Morgan fingerprint density at radius 2 is 1.65 bits per heavy atom. The van der Waals surface area contributed by atoms with Crippen LogP contribution in [0.1, 0.15) is 91.0 Å². The van der Waals surface area contributed by atoms with E-state index in [9.17, 15) is 9.18 Å². The average Bonchev–Trinajstić information content (AvgIpc) is 3.28. The van der Waals surface area contributed by atoms with Gasteiger partial charge < -0.3 is 5.32 Å². The molecule has 1 unspecified atom stereocenters. The van der Waals surface area contributed by atoms with E-state index < -0.39 is 0 Å². The second-order valence-electron chi connectivity index (χ2n) is 12.4. The number of benzene rings is 2. The molecular formula is C32H36FN3O. The minimum Gasteiger partial charge on any atom is -0.345 e. The lowest BCUT2D eigenvalue weighted by Gasteiger charge is -2.56. The van der Waals surface area contributed by atoms with E-state index in [0.29, 0.717) is 11.6 Å². The quantitative estimate of drug-likeness (QED) is 0.409. The van der Waals surface area contributed by atoms with Gasteiger partial charge in [-0.15, -0.1) is 0 Å². The number of halogens is 1. The van der Waals surface area contributed by atoms with Crippen molar-refractivity contribution in [2.75, 3.05) is 0 Å². The fourth-order valence-corrected chi connectivity index (χ4v) is 8.58. The lowest BCUT2D eigenvalue weighted by Crippen LogP contribution is -2.60. The zero-order chi connectivity index (χ0) is 25.0. The molecule has 1 aromatic heterocycles. The predicted molar refractivity (Wildman–Crippen MR) is 142 cm³/mol. The van der Waals surface area contributed by atoms with Gasteiger partial charge in [0.15, 0.2) is 5.69 Å². The first-order chi connectivity index (χ1) is 18.1. The molecule has 3 aromatic rings. The topological polar surface area (TPSA) is 46.9 Å². The van der Waals surface area contributed by atoms with Gasteiger partial charge in [-0.1, -0.05) is 30.3 Å². The van der Waals surface area contributed by atoms with E-state index in [1.165, 1.54) is 37.0 Å². The van der Waals surface area contributed by atoms with E-state index in [0.717, 1.165) is 86.1 Å². The highest BCUT2D eigenvalue weighted by atomic mass is 19.1. The van der Waals surface area contributed by atoms with Crippen LogP contribution in [-0.2, 0) is 12.8 Å². The Kier molecular flexibility index (Phi) is 5.71. The van der Waals surface area contributed by atoms with Gasteiger partial charge in [-0.2, -0.15) is 5.10 Å². The van der Waals surface area contributed by atoms with Crippen LogP contribution in [0.3, 0.4) is 0 Å². The van der Waals surface area contributed by atoms with E-state index in [1.54, 1.807) is 12.1 Å². The first-order valence-electron chi connectivity index (χ1n) is 14.3. The molecule has 5 aliphatic rings. The molecule has 2 aromatic carbocycles. The number of rotatable bonds is 6. The Bertz CT molecular complexity index is 1260. The van der Waals surface area contributed by atoms with Gasteiger partial charge in [0.1, 0.15) is 5.82 Å². The second kappa shape index (κ2) is 9.11. The standard InChI is InChI=1S/C32H36FN3O/c33-26-11-13-27(14-12-26)36-30-25(10-9-21-5-2-1-3-6-21)7-4-8-28(30)29(35-36)31(37)34-32-18-22-15-23(19-32)17-24(16-22)20-32/h1-3,5-6,11-14,22-25H,4,7-10,15-20H2,(H,34,37). The van der Waals surface area contributed by atoms with Gasteiger partial charge in [-0.05, 0) is 118 Å². The maximum absolute atomic E-state index is 13.9. The monoisotopic (exact) mass is 497 g/mol. The number of amides is 1. The third-order valence-electron chi connectivity index (χ3n) is 9.72. The number of aryl methyl sites for hydroxylation is 1. The molecule has 4 nitrogen and oxygen atoms in total. The van der Waals surface area contributed by atoms with Crippen LogP contribution in [0.25, 0.3) is 5.69 Å². The Labute approximate surface area is 218 Å². The first-order valence-corrected chi connectivity index (χ1v) is 14.3. The fraction of sp³-hybridized carbons (Fsp3) is 0.500. The zero-order valence-corrected chi connectivity index (χ0v) is 21.5. The Hall–Kier alpha value is -2.95. The number of carbonyl (C=O) groups excluding carboxylic acids is 1. The predicted octanol–water partition coefficient (Wildman–Crippen LogP) is 6.76. The highest BCUT2D eigenvalue weighted by molar-refractivity contribution is 5.95. The molecule has 5 heteroatoms. The molecule has 37 heavy (non-hydrogen) atoms. The summed E-state index contributed by atoms with van der Waals surface area (Å²) in [4.78, 5) is 13.9. The number of nitrogens with one attached hydrogen (secondary N) is 1. The van der Waals surface area contributed by atoms with Crippen molar-refractivity contribution < 1.29 is 9.18 Å². The van der Waals surface area contributed by atoms with Crippen molar-refractivity contribution in [2.24, 2.45) is 17.8 Å². The van der Waals surface area contributed by atoms with Crippen molar-refractivity contribution in [2.45, 2.75) is 82.1 Å². The van der Waals surface area contributed by atoms with Gasteiger partial charge in [0.05, 0.1) is 11.4 Å². The van der Waals surface area contributed by atoms with E-state index >= 15 is 0 Å². The Balaban J connectivity index is 1.22. The highest BCUT2D eigenvalue weighted by Crippen LogP contribution is 2.55. The summed E-state index contributed by atoms with van der Waals surface area (Å²) in [5.74, 6) is 2.40. The molecule has 1 amide bonds. The molecule has 5 aliphatic carbocycles. The summed E-state index contributed by atoms with van der Waals surface area (Å²) >= 11 is 0. The number of fused-ring (bicyclic) bond motifs is 1. The minimum absolute atomic E-state index is 0.00257. The average molecular weight is 498 g/mol. The normalized spacial score (nSPS) is 29.8. The van der Waals surface area contributed by atoms with Crippen LogP contribution >= 0.6 is 0 Å². The number of hydrogen-bond donors (Lipinski definition) is 1. The van der Waals surface area contributed by atoms with Gasteiger partial charge >= 0.3 is 0 Å². The SMILES string of the molecule is O=C(NC12CC3CC(CC(C3)C1)C2)c1nn(-c2ccc(F)cc2)c2c1CCCC2CCc1ccccc1. The van der Waals surface area contributed by atoms with Crippen molar-refractivity contribution in [1.29, 1.82) is 0 Å². The summed E-state index contributed by atoms with van der Waals surface area (Å²) in [6, 6.07) is 17.2. The molecule has 4 saturated carbocycles. The van der Waals surface area contributed by atoms with E-state index in [4.69, 9.17) is 5.10 Å². The molecule has 1 heterocycles. The van der Waals surface area contributed by atoms with Crippen LogP contribution in [0.2, 0.25) is 0 Å². The van der Waals surface area contributed by atoms with Gasteiger partial charge in [0.25, 0.3) is 5.91 Å². The van der Waals surface area contributed by atoms with Crippen LogP contribution in [-0.4, -0.2) is 21.2 Å². The zero-order valence-electron chi connectivity index (χ0n) is 21.5. The van der Waals surface area contributed by atoms with Crippen molar-refractivity contribution in [3.8, 4) is 5.69 Å². The fourth-order valence-electron chi connectivity index (χ4n) is 8.58. The van der Waals surface area contributed by atoms with Gasteiger partial charge in [0.2, 0.25) is 0 Å². The molecule has 0 aliphatic heterocycles. The summed E-state index contributed by atoms with van der Waals surface area (Å²) < 4.78 is 15.7. The van der Waals surface area contributed by atoms with Crippen molar-refractivity contribution >= 4 is 5.91 Å². The third kappa shape index (κ3) is 4.30. The smallest absolute Gasteiger partial charge is 0.272 e. The third-order valence-corrected chi connectivity index (χ3v) is 9.72. The summed E-state index contributed by atoms with van der Waals surface area (Å²) in [6.07, 6.45) is 12.5. The summed E-state index contributed by atoms with van der Waals surface area (Å²) in [5.41, 5.74) is 4.99. The second-order valence-corrected chi connectivity index (χ2v) is 12.4. The van der Waals surface area contributed by atoms with Gasteiger partial charge in [-0.25, -0.2) is 9.07 Å². The van der Waals surface area contributed by atoms with Crippen LogP contribution in [0.5, 0.6) is 0 Å². The number of aromatic nitrogens is 2. The van der Waals surface area contributed by atoms with Crippen LogP contribution < -0.4 is 5.32 Å². The molecule has 192 valence electrons. The van der Waals surface area contributed by atoms with Crippen molar-refractivity contribution in [3.05, 3.63) is 82.9 Å². The Morgan fingerprint density at radius 1 is 0.973 bits per heavy atom. The molecule has 0 spiro atoms. The van der Waals surface area contributed by atoms with Crippen molar-refractivity contribution in [3.63, 3.8) is 0 Å². The van der Waals surface area contributed by atoms with E-state index in [2.05, 4.69) is 35.6 Å². The summed E-state index contributed by atoms with van der Waals surface area (Å²) in [7, 11) is 0. The van der Waals surface area contributed by atoms with Gasteiger partial charge in [-0.3, -0.25) is 4.79 Å². The molecule has 1 atom stereocenters. The number of hydrogen-bond acceptors (Lipinski definition) is 2. The molecule has 4 fully saturated rings. The van der Waals surface area contributed by atoms with Crippen LogP contribution in [0.4, 0.5) is 4.39 Å². The Morgan fingerprint density at radius 3 is 2.32 bits per heavy atom. The molecule has 1 N–H and O–H groups in total. The largest absolute Gasteiger partial charge is 0.345 e. The van der Waals surface area contributed by atoms with Gasteiger partial charge in [0, 0.05) is 17.0 Å². The van der Waals surface area contributed by atoms with E-state index in [1.807, 2.05) is 4.68 Å². The molecule has 0 saturated heterocycles. The molecule has 8 rings (SSSR count). The summed E-state index contributed by atoms with van der Waals surface area (Å²) in [6.45, 7) is 0. The number of carbonyl (C=O) groups is 1. The maximum atomic E-state index is 13.9. The lowest BCUT2D eigenvalue weighted by molar-refractivity contribution is -0.0168. The van der Waals surface area contributed by atoms with Crippen molar-refractivity contribution in [1.82, 2.24) is 15.1 Å². The first kappa shape index (κ1) is 23.2. The van der Waals surface area contributed by atoms with Crippen LogP contribution in [0, 0.1) is 23.6 Å². The summed E-state index contributed by atoms with van der Waals surface area (Å²) in [5, 5.41) is 8.54. The molecular weight excluding hydrogens is 461 g/mol. The lowest BCUT2D eigenvalue weighted by atomic mass is 9.53. The molecule has 4 bridgehead atoms. The number of nitrogens with zero attached hydrogens (tertiary/aromatic N) is 2. The highest BCUT2D eigenvalue weighted by Gasteiger charge is 2.52. The van der Waals surface area contributed by atoms with Crippen LogP contribution in [0.15, 0.2) is 54.6 Å².